The molecular weight excluding hydrogens is 195 g/mol. The van der Waals surface area contributed by atoms with Crippen molar-refractivity contribution in [3.63, 3.8) is 0 Å². The average molecular weight is 210 g/mol. The van der Waals surface area contributed by atoms with Crippen LogP contribution >= 0.6 is 0 Å². The highest BCUT2D eigenvalue weighted by Crippen LogP contribution is 2.32. The van der Waals surface area contributed by atoms with Gasteiger partial charge in [-0.3, -0.25) is 0 Å². The maximum atomic E-state index is 12.7. The fourth-order valence-electron chi connectivity index (χ4n) is 1.99. The standard InChI is InChI=1S/C12H15FO2/c1-12(14,11-3-2-8-15-11)9-4-6-10(13)7-5-9/h4-7,11,14H,2-3,8H2,1H3/t11?,12-/m0/s1. The van der Waals surface area contributed by atoms with Crippen LogP contribution < -0.4 is 0 Å². The van der Waals surface area contributed by atoms with Gasteiger partial charge in [-0.15, -0.1) is 0 Å². The minimum Gasteiger partial charge on any atom is -0.383 e. The Kier molecular flexibility index (Phi) is 2.76. The van der Waals surface area contributed by atoms with Gasteiger partial charge in [0.1, 0.15) is 11.4 Å². The molecule has 2 rings (SSSR count). The van der Waals surface area contributed by atoms with Gasteiger partial charge in [-0.2, -0.15) is 0 Å². The molecule has 1 aliphatic rings. The number of benzene rings is 1. The Hall–Kier alpha value is -0.930. The summed E-state index contributed by atoms with van der Waals surface area (Å²) in [5, 5.41) is 10.3. The number of hydrogen-bond donors (Lipinski definition) is 1. The summed E-state index contributed by atoms with van der Waals surface area (Å²) in [6.45, 7) is 2.41. The van der Waals surface area contributed by atoms with Crippen molar-refractivity contribution in [1.29, 1.82) is 0 Å². The maximum Gasteiger partial charge on any atom is 0.123 e. The lowest BCUT2D eigenvalue weighted by Gasteiger charge is -2.29. The molecule has 0 radical (unpaired) electrons. The summed E-state index contributed by atoms with van der Waals surface area (Å²) in [6.07, 6.45) is 1.65. The number of ether oxygens (including phenoxy) is 1. The van der Waals surface area contributed by atoms with Gasteiger partial charge in [0.05, 0.1) is 6.10 Å². The lowest BCUT2D eigenvalue weighted by molar-refractivity contribution is -0.0774. The molecule has 1 aromatic carbocycles. The molecule has 0 amide bonds. The smallest absolute Gasteiger partial charge is 0.123 e. The van der Waals surface area contributed by atoms with Crippen LogP contribution in [0.1, 0.15) is 25.3 Å². The second kappa shape index (κ2) is 3.91. The number of rotatable bonds is 2. The highest BCUT2D eigenvalue weighted by Gasteiger charge is 2.36. The summed E-state index contributed by atoms with van der Waals surface area (Å²) in [4.78, 5) is 0. The maximum absolute atomic E-state index is 12.7. The van der Waals surface area contributed by atoms with E-state index in [0.717, 1.165) is 12.8 Å². The summed E-state index contributed by atoms with van der Waals surface area (Å²) in [5.41, 5.74) is -0.319. The van der Waals surface area contributed by atoms with Gasteiger partial charge in [-0.05, 0) is 37.5 Å². The van der Waals surface area contributed by atoms with Crippen LogP contribution in [0, 0.1) is 5.82 Å². The molecule has 1 N–H and O–H groups in total. The Labute approximate surface area is 88.7 Å². The SMILES string of the molecule is C[C@](O)(c1ccc(F)cc1)C1CCCO1. The van der Waals surface area contributed by atoms with E-state index in [1.165, 1.54) is 12.1 Å². The lowest BCUT2D eigenvalue weighted by Crippen LogP contribution is -2.35. The molecule has 1 saturated heterocycles. The van der Waals surface area contributed by atoms with Crippen LogP contribution in [0.4, 0.5) is 4.39 Å². The predicted molar refractivity (Wildman–Crippen MR) is 54.9 cm³/mol. The molecule has 2 nitrogen and oxygen atoms in total. The summed E-state index contributed by atoms with van der Waals surface area (Å²) in [6, 6.07) is 5.94. The molecule has 1 fully saturated rings. The van der Waals surface area contributed by atoms with Gasteiger partial charge in [0, 0.05) is 6.61 Å². The molecule has 2 atom stereocenters. The van der Waals surface area contributed by atoms with Crippen LogP contribution in [0.15, 0.2) is 24.3 Å². The van der Waals surface area contributed by atoms with Crippen molar-refractivity contribution in [3.05, 3.63) is 35.6 Å². The van der Waals surface area contributed by atoms with E-state index < -0.39 is 5.60 Å². The average Bonchev–Trinajstić information content (AvgIpc) is 2.71. The molecule has 0 aliphatic carbocycles. The van der Waals surface area contributed by atoms with Gasteiger partial charge in [0.15, 0.2) is 0 Å². The minimum atomic E-state index is -1.02. The van der Waals surface area contributed by atoms with Crippen molar-refractivity contribution < 1.29 is 14.2 Å². The lowest BCUT2D eigenvalue weighted by atomic mass is 9.89. The van der Waals surface area contributed by atoms with Crippen molar-refractivity contribution in [3.8, 4) is 0 Å². The first kappa shape index (κ1) is 10.6. The van der Waals surface area contributed by atoms with Crippen LogP contribution in [-0.2, 0) is 10.3 Å². The summed E-state index contributed by atoms with van der Waals surface area (Å²) in [7, 11) is 0. The van der Waals surface area contributed by atoms with Gasteiger partial charge >= 0.3 is 0 Å². The zero-order valence-electron chi connectivity index (χ0n) is 8.74. The zero-order valence-corrected chi connectivity index (χ0v) is 8.74. The Morgan fingerprint density at radius 2 is 2.07 bits per heavy atom. The van der Waals surface area contributed by atoms with E-state index in [-0.39, 0.29) is 11.9 Å². The topological polar surface area (TPSA) is 29.5 Å². The predicted octanol–water partition coefficient (Wildman–Crippen LogP) is 2.21. The van der Waals surface area contributed by atoms with Gasteiger partial charge in [-0.25, -0.2) is 4.39 Å². The fourth-order valence-corrected chi connectivity index (χ4v) is 1.99. The van der Waals surface area contributed by atoms with Gasteiger partial charge in [-0.1, -0.05) is 12.1 Å². The highest BCUT2D eigenvalue weighted by atomic mass is 19.1. The molecule has 0 saturated carbocycles. The normalized spacial score (nSPS) is 25.1. The Balaban J connectivity index is 2.23. The third-order valence-electron chi connectivity index (χ3n) is 2.99. The number of halogens is 1. The monoisotopic (exact) mass is 210 g/mol. The summed E-state index contributed by atoms with van der Waals surface area (Å²) >= 11 is 0. The first-order chi connectivity index (χ1) is 7.10. The van der Waals surface area contributed by atoms with Crippen LogP contribution in [-0.4, -0.2) is 17.8 Å². The van der Waals surface area contributed by atoms with E-state index in [4.69, 9.17) is 4.74 Å². The van der Waals surface area contributed by atoms with E-state index in [9.17, 15) is 9.50 Å². The second-order valence-corrected chi connectivity index (χ2v) is 4.16. The highest BCUT2D eigenvalue weighted by molar-refractivity contribution is 5.23. The van der Waals surface area contributed by atoms with Gasteiger partial charge in [0.2, 0.25) is 0 Å². The number of aliphatic hydroxyl groups is 1. The second-order valence-electron chi connectivity index (χ2n) is 4.16. The molecule has 1 unspecified atom stereocenters. The molecule has 1 heterocycles. The largest absolute Gasteiger partial charge is 0.383 e. The van der Waals surface area contributed by atoms with Crippen LogP contribution in [0.5, 0.6) is 0 Å². The van der Waals surface area contributed by atoms with E-state index in [0.29, 0.717) is 12.2 Å². The molecule has 3 heteroatoms. The molecule has 82 valence electrons. The van der Waals surface area contributed by atoms with Crippen LogP contribution in [0.3, 0.4) is 0 Å². The Bertz CT molecular complexity index is 326. The summed E-state index contributed by atoms with van der Waals surface area (Å²) < 4.78 is 18.2. The molecule has 0 bridgehead atoms. The molecule has 0 spiro atoms. The molecule has 1 aliphatic heterocycles. The minimum absolute atomic E-state index is 0.178. The third-order valence-corrected chi connectivity index (χ3v) is 2.99. The van der Waals surface area contributed by atoms with Crippen molar-refractivity contribution >= 4 is 0 Å². The van der Waals surface area contributed by atoms with Crippen molar-refractivity contribution in [1.82, 2.24) is 0 Å². The van der Waals surface area contributed by atoms with Crippen molar-refractivity contribution in [2.45, 2.75) is 31.5 Å². The van der Waals surface area contributed by atoms with Crippen molar-refractivity contribution in [2.24, 2.45) is 0 Å². The number of hydrogen-bond acceptors (Lipinski definition) is 2. The van der Waals surface area contributed by atoms with E-state index >= 15 is 0 Å². The Morgan fingerprint density at radius 3 is 2.60 bits per heavy atom. The van der Waals surface area contributed by atoms with E-state index in [1.54, 1.807) is 19.1 Å². The third kappa shape index (κ3) is 2.03. The molecular formula is C12H15FO2. The molecule has 0 aromatic heterocycles. The molecule has 1 aromatic rings. The van der Waals surface area contributed by atoms with Crippen molar-refractivity contribution in [2.75, 3.05) is 6.61 Å². The Morgan fingerprint density at radius 1 is 1.40 bits per heavy atom. The zero-order chi connectivity index (χ0) is 10.9. The van der Waals surface area contributed by atoms with Crippen LogP contribution in [0.2, 0.25) is 0 Å². The fraction of sp³-hybridized carbons (Fsp3) is 0.500. The molecule has 15 heavy (non-hydrogen) atoms. The van der Waals surface area contributed by atoms with Gasteiger partial charge < -0.3 is 9.84 Å². The first-order valence-electron chi connectivity index (χ1n) is 5.21. The van der Waals surface area contributed by atoms with Crippen LogP contribution in [0.25, 0.3) is 0 Å². The first-order valence-corrected chi connectivity index (χ1v) is 5.21. The summed E-state index contributed by atoms with van der Waals surface area (Å²) in [5.74, 6) is -0.290. The quantitative estimate of drug-likeness (QED) is 0.811. The van der Waals surface area contributed by atoms with E-state index in [1.807, 2.05) is 0 Å². The van der Waals surface area contributed by atoms with Gasteiger partial charge in [0.25, 0.3) is 0 Å². The van der Waals surface area contributed by atoms with E-state index in [2.05, 4.69) is 0 Å².